The lowest BCUT2D eigenvalue weighted by atomic mass is 10.1. The quantitative estimate of drug-likeness (QED) is 0.864. The number of hydrogen-bond acceptors (Lipinski definition) is 3. The molecule has 98 valence electrons. The third-order valence-corrected chi connectivity index (χ3v) is 2.90. The Hall–Kier alpha value is -2.00. The summed E-state index contributed by atoms with van der Waals surface area (Å²) in [6.45, 7) is 0.616. The van der Waals surface area contributed by atoms with Crippen molar-refractivity contribution in [2.75, 3.05) is 12.4 Å². The maximum Gasteiger partial charge on any atom is 0.337 e. The summed E-state index contributed by atoms with van der Waals surface area (Å²) >= 11 is 5.91. The van der Waals surface area contributed by atoms with Gasteiger partial charge in [0.1, 0.15) is 0 Å². The number of rotatable bonds is 4. The van der Waals surface area contributed by atoms with Gasteiger partial charge in [0, 0.05) is 17.3 Å². The van der Waals surface area contributed by atoms with E-state index in [1.807, 2.05) is 42.5 Å². The second kappa shape index (κ2) is 6.25. The molecule has 0 radical (unpaired) electrons. The van der Waals surface area contributed by atoms with Crippen LogP contribution in [0.4, 0.5) is 5.69 Å². The predicted octanol–water partition coefficient (Wildman–Crippen LogP) is 3.74. The van der Waals surface area contributed by atoms with Crippen molar-refractivity contribution in [3.05, 3.63) is 64.7 Å². The molecule has 4 heteroatoms. The molecule has 3 nitrogen and oxygen atoms in total. The highest BCUT2D eigenvalue weighted by Crippen LogP contribution is 2.16. The number of benzene rings is 2. The summed E-state index contributed by atoms with van der Waals surface area (Å²) in [5.74, 6) is -0.329. The molecule has 0 atom stereocenters. The van der Waals surface area contributed by atoms with Crippen molar-refractivity contribution in [2.45, 2.75) is 6.54 Å². The minimum Gasteiger partial charge on any atom is -0.465 e. The van der Waals surface area contributed by atoms with Gasteiger partial charge in [-0.25, -0.2) is 4.79 Å². The first-order chi connectivity index (χ1) is 9.19. The number of halogens is 1. The number of hydrogen-bond donors (Lipinski definition) is 1. The van der Waals surface area contributed by atoms with Crippen molar-refractivity contribution < 1.29 is 9.53 Å². The smallest absolute Gasteiger partial charge is 0.337 e. The molecule has 0 aliphatic carbocycles. The third kappa shape index (κ3) is 3.73. The summed E-state index contributed by atoms with van der Waals surface area (Å²) in [4.78, 5) is 11.4. The summed E-state index contributed by atoms with van der Waals surface area (Å²) < 4.78 is 4.69. The van der Waals surface area contributed by atoms with E-state index in [2.05, 4.69) is 5.32 Å². The van der Waals surface area contributed by atoms with Gasteiger partial charge >= 0.3 is 5.97 Å². The minimum absolute atomic E-state index is 0.329. The first kappa shape index (κ1) is 13.4. The highest BCUT2D eigenvalue weighted by Gasteiger charge is 2.05. The molecule has 0 saturated heterocycles. The summed E-state index contributed by atoms with van der Waals surface area (Å²) in [7, 11) is 1.37. The summed E-state index contributed by atoms with van der Waals surface area (Å²) in [6.07, 6.45) is 0. The maximum atomic E-state index is 11.4. The summed E-state index contributed by atoms with van der Waals surface area (Å²) in [5, 5.41) is 3.94. The van der Waals surface area contributed by atoms with Gasteiger partial charge in [0.05, 0.1) is 12.7 Å². The lowest BCUT2D eigenvalue weighted by Crippen LogP contribution is -2.04. The molecule has 2 aromatic rings. The van der Waals surface area contributed by atoms with Gasteiger partial charge in [0.25, 0.3) is 0 Å². The largest absolute Gasteiger partial charge is 0.465 e. The molecule has 0 fully saturated rings. The number of carbonyl (C=O) groups is 1. The zero-order valence-electron chi connectivity index (χ0n) is 10.5. The van der Waals surface area contributed by atoms with Crippen LogP contribution in [-0.4, -0.2) is 13.1 Å². The highest BCUT2D eigenvalue weighted by atomic mass is 35.5. The van der Waals surface area contributed by atoms with Gasteiger partial charge in [-0.15, -0.1) is 0 Å². The van der Waals surface area contributed by atoms with Crippen LogP contribution in [0.15, 0.2) is 48.5 Å². The second-order valence-electron chi connectivity index (χ2n) is 4.06. The molecule has 0 heterocycles. The molecule has 0 aromatic heterocycles. The number of esters is 1. The van der Waals surface area contributed by atoms with E-state index in [-0.39, 0.29) is 5.97 Å². The Balaban J connectivity index is 2.05. The monoisotopic (exact) mass is 275 g/mol. The number of anilines is 1. The SMILES string of the molecule is COC(=O)c1cccc(CNc2cccc(Cl)c2)c1. The molecule has 19 heavy (non-hydrogen) atoms. The van der Waals surface area contributed by atoms with Crippen molar-refractivity contribution in [1.29, 1.82) is 0 Å². The van der Waals surface area contributed by atoms with Crippen molar-refractivity contribution in [3.63, 3.8) is 0 Å². The van der Waals surface area contributed by atoms with E-state index in [9.17, 15) is 4.79 Å². The van der Waals surface area contributed by atoms with Gasteiger partial charge in [0.2, 0.25) is 0 Å². The van der Waals surface area contributed by atoms with E-state index in [1.54, 1.807) is 6.07 Å². The van der Waals surface area contributed by atoms with Gasteiger partial charge in [-0.2, -0.15) is 0 Å². The zero-order chi connectivity index (χ0) is 13.7. The first-order valence-electron chi connectivity index (χ1n) is 5.86. The van der Waals surface area contributed by atoms with Crippen LogP contribution < -0.4 is 5.32 Å². The highest BCUT2D eigenvalue weighted by molar-refractivity contribution is 6.30. The van der Waals surface area contributed by atoms with Crippen molar-refractivity contribution in [3.8, 4) is 0 Å². The molecule has 0 spiro atoms. The Morgan fingerprint density at radius 2 is 2.00 bits per heavy atom. The van der Waals surface area contributed by atoms with Gasteiger partial charge in [-0.05, 0) is 35.9 Å². The average Bonchev–Trinajstić information content (AvgIpc) is 2.45. The molecule has 0 aliphatic rings. The summed E-state index contributed by atoms with van der Waals surface area (Å²) in [5.41, 5.74) is 2.49. The number of carbonyl (C=O) groups excluding carboxylic acids is 1. The molecule has 0 aliphatic heterocycles. The minimum atomic E-state index is -0.329. The van der Waals surface area contributed by atoms with E-state index in [1.165, 1.54) is 7.11 Å². The Morgan fingerprint density at radius 1 is 1.21 bits per heavy atom. The zero-order valence-corrected chi connectivity index (χ0v) is 11.3. The van der Waals surface area contributed by atoms with Crippen LogP contribution in [0.2, 0.25) is 5.02 Å². The second-order valence-corrected chi connectivity index (χ2v) is 4.49. The number of nitrogens with one attached hydrogen (secondary N) is 1. The first-order valence-corrected chi connectivity index (χ1v) is 6.23. The molecule has 0 saturated carbocycles. The number of methoxy groups -OCH3 is 1. The van der Waals surface area contributed by atoms with Crippen LogP contribution >= 0.6 is 11.6 Å². The van der Waals surface area contributed by atoms with Crippen LogP contribution in [0.5, 0.6) is 0 Å². The predicted molar refractivity (Wildman–Crippen MR) is 76.6 cm³/mol. The van der Waals surface area contributed by atoms with E-state index in [0.29, 0.717) is 17.1 Å². The Labute approximate surface area is 117 Å². The van der Waals surface area contributed by atoms with Crippen LogP contribution in [0.25, 0.3) is 0 Å². The normalized spacial score (nSPS) is 10.0. The topological polar surface area (TPSA) is 38.3 Å². The molecule has 0 bridgehead atoms. The van der Waals surface area contributed by atoms with Gasteiger partial charge in [0.15, 0.2) is 0 Å². The molecular formula is C15H14ClNO2. The third-order valence-electron chi connectivity index (χ3n) is 2.67. The fourth-order valence-electron chi connectivity index (χ4n) is 1.73. The average molecular weight is 276 g/mol. The van der Waals surface area contributed by atoms with Gasteiger partial charge in [-0.1, -0.05) is 29.8 Å². The van der Waals surface area contributed by atoms with E-state index < -0.39 is 0 Å². The standard InChI is InChI=1S/C15H14ClNO2/c1-19-15(18)12-5-2-4-11(8-12)10-17-14-7-3-6-13(16)9-14/h2-9,17H,10H2,1H3. The van der Waals surface area contributed by atoms with Crippen LogP contribution in [-0.2, 0) is 11.3 Å². The Bertz CT molecular complexity index is 584. The van der Waals surface area contributed by atoms with Crippen LogP contribution in [0.1, 0.15) is 15.9 Å². The van der Waals surface area contributed by atoms with Gasteiger partial charge < -0.3 is 10.1 Å². The number of ether oxygens (including phenoxy) is 1. The van der Waals surface area contributed by atoms with Crippen LogP contribution in [0.3, 0.4) is 0 Å². The van der Waals surface area contributed by atoms with Crippen molar-refractivity contribution in [2.24, 2.45) is 0 Å². The van der Waals surface area contributed by atoms with Crippen LogP contribution in [0, 0.1) is 0 Å². The van der Waals surface area contributed by atoms with Gasteiger partial charge in [-0.3, -0.25) is 0 Å². The molecule has 0 unspecified atom stereocenters. The van der Waals surface area contributed by atoms with E-state index in [0.717, 1.165) is 11.3 Å². The molecule has 2 aromatic carbocycles. The Morgan fingerprint density at radius 3 is 2.74 bits per heavy atom. The molecule has 0 amide bonds. The van der Waals surface area contributed by atoms with Crippen molar-refractivity contribution in [1.82, 2.24) is 0 Å². The lowest BCUT2D eigenvalue weighted by molar-refractivity contribution is 0.0600. The maximum absolute atomic E-state index is 11.4. The van der Waals surface area contributed by atoms with E-state index in [4.69, 9.17) is 16.3 Å². The Kier molecular flexibility index (Phi) is 4.42. The molecular weight excluding hydrogens is 262 g/mol. The lowest BCUT2D eigenvalue weighted by Gasteiger charge is -2.08. The molecule has 1 N–H and O–H groups in total. The fourth-order valence-corrected chi connectivity index (χ4v) is 1.92. The van der Waals surface area contributed by atoms with E-state index >= 15 is 0 Å². The molecule has 2 rings (SSSR count). The van der Waals surface area contributed by atoms with Crippen molar-refractivity contribution >= 4 is 23.3 Å². The fraction of sp³-hybridized carbons (Fsp3) is 0.133. The summed E-state index contributed by atoms with van der Waals surface area (Å²) in [6, 6.07) is 14.8.